The van der Waals surface area contributed by atoms with Crippen molar-refractivity contribution in [3.05, 3.63) is 63.7 Å². The maximum Gasteiger partial charge on any atom is 0.299 e. The van der Waals surface area contributed by atoms with Crippen LogP contribution in [0.4, 0.5) is 0 Å². The summed E-state index contributed by atoms with van der Waals surface area (Å²) in [5.74, 6) is 0.172. The van der Waals surface area contributed by atoms with Gasteiger partial charge in [-0.3, -0.25) is 4.84 Å². The molecule has 0 radical (unpaired) electrons. The highest BCUT2D eigenvalue weighted by Gasteiger charge is 2.10. The Morgan fingerprint density at radius 2 is 1.59 bits per heavy atom. The maximum absolute atomic E-state index is 10.4. The molecule has 2 aromatic rings. The zero-order valence-corrected chi connectivity index (χ0v) is 9.42. The van der Waals surface area contributed by atoms with Crippen molar-refractivity contribution in [1.82, 2.24) is 0 Å². The second kappa shape index (κ2) is 4.84. The van der Waals surface area contributed by atoms with Crippen LogP contribution in [0.15, 0.2) is 48.5 Å². The summed E-state index contributed by atoms with van der Waals surface area (Å²) in [6, 6.07) is 13.8. The van der Waals surface area contributed by atoms with Crippen molar-refractivity contribution in [3.63, 3.8) is 0 Å². The van der Waals surface area contributed by atoms with Crippen molar-refractivity contribution in [2.45, 2.75) is 0 Å². The van der Waals surface area contributed by atoms with Crippen LogP contribution in [0.5, 0.6) is 5.75 Å². The molecule has 0 saturated carbocycles. The molecule has 4 nitrogen and oxygen atoms in total. The lowest BCUT2D eigenvalue weighted by atomic mass is 10.0. The highest BCUT2D eigenvalue weighted by atomic mass is 35.5. The Labute approximate surface area is 103 Å². The normalized spacial score (nSPS) is 9.94. The molecular weight excluding hydrogens is 242 g/mol. The third-order valence-corrected chi connectivity index (χ3v) is 2.55. The smallest absolute Gasteiger partial charge is 0.276 e. The largest absolute Gasteiger partial charge is 0.299 e. The number of benzene rings is 2. The van der Waals surface area contributed by atoms with Gasteiger partial charge in [0.25, 0.3) is 5.09 Å². The lowest BCUT2D eigenvalue weighted by Crippen LogP contribution is -2.04. The van der Waals surface area contributed by atoms with Gasteiger partial charge in [-0.1, -0.05) is 48.0 Å². The van der Waals surface area contributed by atoms with Crippen LogP contribution in [0.2, 0.25) is 5.02 Å². The number of hydrogen-bond acceptors (Lipinski definition) is 3. The average molecular weight is 250 g/mol. The van der Waals surface area contributed by atoms with E-state index in [0.717, 1.165) is 0 Å². The molecule has 17 heavy (non-hydrogen) atoms. The molecule has 0 amide bonds. The van der Waals surface area contributed by atoms with Crippen LogP contribution in [0.1, 0.15) is 0 Å². The molecular formula is C12H8ClNO3. The van der Waals surface area contributed by atoms with E-state index < -0.39 is 5.09 Å². The molecule has 86 valence electrons. The second-order valence-corrected chi connectivity index (χ2v) is 3.70. The molecule has 0 atom stereocenters. The van der Waals surface area contributed by atoms with E-state index in [1.165, 1.54) is 6.07 Å². The first-order chi connectivity index (χ1) is 8.18. The summed E-state index contributed by atoms with van der Waals surface area (Å²) >= 11 is 6.04. The fraction of sp³-hybridized carbons (Fsp3) is 0. The Balaban J connectivity index is 2.52. The van der Waals surface area contributed by atoms with Crippen molar-refractivity contribution in [2.75, 3.05) is 0 Å². The minimum atomic E-state index is -0.838. The van der Waals surface area contributed by atoms with Crippen molar-refractivity contribution in [1.29, 1.82) is 0 Å². The molecule has 0 aliphatic rings. The Bertz CT molecular complexity index is 557. The van der Waals surface area contributed by atoms with Gasteiger partial charge in [-0.15, -0.1) is 10.1 Å². The molecule has 0 N–H and O–H groups in total. The van der Waals surface area contributed by atoms with Crippen molar-refractivity contribution in [3.8, 4) is 16.9 Å². The summed E-state index contributed by atoms with van der Waals surface area (Å²) in [6.45, 7) is 0. The molecule has 0 fully saturated rings. The van der Waals surface area contributed by atoms with Gasteiger partial charge in [0.1, 0.15) is 5.75 Å². The van der Waals surface area contributed by atoms with Crippen molar-refractivity contribution < 1.29 is 9.92 Å². The standard InChI is InChI=1S/C12H8ClNO3/c13-11-7-3-1-5-9(11)10-6-2-4-8-12(10)17-14(15)16/h1-8H. The summed E-state index contributed by atoms with van der Waals surface area (Å²) in [7, 11) is 0. The Morgan fingerprint density at radius 1 is 1.00 bits per heavy atom. The van der Waals surface area contributed by atoms with Crippen LogP contribution >= 0.6 is 11.6 Å². The summed E-state index contributed by atoms with van der Waals surface area (Å²) in [5.41, 5.74) is 1.29. The molecule has 0 heterocycles. The molecule has 5 heteroatoms. The highest BCUT2D eigenvalue weighted by Crippen LogP contribution is 2.34. The minimum absolute atomic E-state index is 0.172. The topological polar surface area (TPSA) is 52.4 Å². The van der Waals surface area contributed by atoms with Gasteiger partial charge in [-0.25, -0.2) is 0 Å². The van der Waals surface area contributed by atoms with E-state index in [1.807, 2.05) is 6.07 Å². The third kappa shape index (κ3) is 2.54. The zero-order chi connectivity index (χ0) is 12.3. The SMILES string of the molecule is O=[N+]([O-])Oc1ccccc1-c1ccccc1Cl. The predicted octanol–water partition coefficient (Wildman–Crippen LogP) is 3.58. The van der Waals surface area contributed by atoms with E-state index in [0.29, 0.717) is 16.1 Å². The van der Waals surface area contributed by atoms with Crippen LogP contribution in [0, 0.1) is 10.1 Å². The second-order valence-electron chi connectivity index (χ2n) is 3.29. The molecule has 2 aromatic carbocycles. The van der Waals surface area contributed by atoms with Gasteiger partial charge >= 0.3 is 0 Å². The quantitative estimate of drug-likeness (QED) is 0.617. The van der Waals surface area contributed by atoms with E-state index >= 15 is 0 Å². The number of para-hydroxylation sites is 1. The molecule has 2 rings (SSSR count). The lowest BCUT2D eigenvalue weighted by molar-refractivity contribution is -0.710. The zero-order valence-electron chi connectivity index (χ0n) is 8.67. The van der Waals surface area contributed by atoms with Gasteiger partial charge in [0.05, 0.1) is 0 Å². The average Bonchev–Trinajstić information content (AvgIpc) is 2.30. The monoisotopic (exact) mass is 249 g/mol. The first kappa shape index (κ1) is 11.4. The van der Waals surface area contributed by atoms with Crippen LogP contribution in [0.3, 0.4) is 0 Å². The first-order valence-electron chi connectivity index (χ1n) is 4.85. The van der Waals surface area contributed by atoms with E-state index in [2.05, 4.69) is 4.84 Å². The van der Waals surface area contributed by atoms with Crippen LogP contribution in [-0.4, -0.2) is 5.09 Å². The van der Waals surface area contributed by atoms with Gasteiger partial charge in [0.15, 0.2) is 0 Å². The van der Waals surface area contributed by atoms with Crippen molar-refractivity contribution >= 4 is 11.6 Å². The molecule has 0 unspecified atom stereocenters. The van der Waals surface area contributed by atoms with Gasteiger partial charge in [-0.2, -0.15) is 0 Å². The molecule has 0 saturated heterocycles. The maximum atomic E-state index is 10.4. The van der Waals surface area contributed by atoms with Gasteiger partial charge in [0.2, 0.25) is 0 Å². The first-order valence-corrected chi connectivity index (χ1v) is 5.22. The van der Waals surface area contributed by atoms with Crippen LogP contribution < -0.4 is 4.84 Å². The fourth-order valence-electron chi connectivity index (χ4n) is 1.53. The number of hydrogen-bond donors (Lipinski definition) is 0. The van der Waals surface area contributed by atoms with E-state index in [4.69, 9.17) is 11.6 Å². The summed E-state index contributed by atoms with van der Waals surface area (Å²) < 4.78 is 0. The summed E-state index contributed by atoms with van der Waals surface area (Å²) in [5, 5.41) is 10.1. The molecule has 0 bridgehead atoms. The predicted molar refractivity (Wildman–Crippen MR) is 64.5 cm³/mol. The summed E-state index contributed by atoms with van der Waals surface area (Å²) in [4.78, 5) is 14.9. The Morgan fingerprint density at radius 3 is 2.24 bits per heavy atom. The Hall–Kier alpha value is -2.07. The third-order valence-electron chi connectivity index (χ3n) is 2.22. The van der Waals surface area contributed by atoms with Gasteiger partial charge in [0, 0.05) is 16.1 Å². The molecule has 0 spiro atoms. The molecule has 0 aromatic heterocycles. The number of nitrogens with zero attached hydrogens (tertiary/aromatic N) is 1. The van der Waals surface area contributed by atoms with Crippen LogP contribution in [0.25, 0.3) is 11.1 Å². The van der Waals surface area contributed by atoms with Crippen molar-refractivity contribution in [2.24, 2.45) is 0 Å². The molecule has 0 aliphatic heterocycles. The minimum Gasteiger partial charge on any atom is -0.276 e. The number of rotatable bonds is 3. The fourth-order valence-corrected chi connectivity index (χ4v) is 1.77. The number of halogens is 1. The van der Waals surface area contributed by atoms with E-state index in [1.54, 1.807) is 36.4 Å². The lowest BCUT2D eigenvalue weighted by Gasteiger charge is -2.08. The molecule has 0 aliphatic carbocycles. The van der Waals surface area contributed by atoms with Crippen LogP contribution in [-0.2, 0) is 0 Å². The Kier molecular flexibility index (Phi) is 3.25. The summed E-state index contributed by atoms with van der Waals surface area (Å²) in [6.07, 6.45) is 0. The van der Waals surface area contributed by atoms with E-state index in [-0.39, 0.29) is 5.75 Å². The van der Waals surface area contributed by atoms with E-state index in [9.17, 15) is 10.1 Å². The van der Waals surface area contributed by atoms with Gasteiger partial charge in [-0.05, 0) is 12.1 Å². The van der Waals surface area contributed by atoms with Gasteiger partial charge < -0.3 is 0 Å². The highest BCUT2D eigenvalue weighted by molar-refractivity contribution is 6.33.